The van der Waals surface area contributed by atoms with Crippen LogP contribution in [0.2, 0.25) is 0 Å². The number of hydrogen-bond donors (Lipinski definition) is 2. The molecule has 0 fully saturated rings. The molecule has 72 valence electrons. The lowest BCUT2D eigenvalue weighted by molar-refractivity contribution is -0.109. The van der Waals surface area contributed by atoms with Gasteiger partial charge in [-0.2, -0.15) is 0 Å². The molecule has 0 aliphatic carbocycles. The van der Waals surface area contributed by atoms with E-state index in [0.29, 0.717) is 0 Å². The third kappa shape index (κ3) is 3.05. The largest absolute Gasteiger partial charge is 0.508 e. The van der Waals surface area contributed by atoms with Crippen molar-refractivity contribution in [1.29, 1.82) is 0 Å². The summed E-state index contributed by atoms with van der Waals surface area (Å²) in [6, 6.07) is 6.26. The number of aromatic hydroxyl groups is 1. The van der Waals surface area contributed by atoms with Crippen LogP contribution in [0, 0.1) is 0 Å². The Bertz CT molecular complexity index is 261. The molecule has 0 heterocycles. The lowest BCUT2D eigenvalue weighted by atomic mass is 10.1. The van der Waals surface area contributed by atoms with E-state index < -0.39 is 0 Å². The van der Waals surface area contributed by atoms with Crippen molar-refractivity contribution in [2.45, 2.75) is 6.04 Å². The first-order chi connectivity index (χ1) is 5.77. The number of hydrogen-bond acceptors (Lipinski definition) is 3. The second-order valence-electron chi connectivity index (χ2n) is 2.49. The van der Waals surface area contributed by atoms with Crippen molar-refractivity contribution < 1.29 is 9.90 Å². The van der Waals surface area contributed by atoms with E-state index in [2.05, 4.69) is 5.32 Å². The number of nitrogens with one attached hydrogen (secondary N) is 1. The van der Waals surface area contributed by atoms with E-state index in [-0.39, 0.29) is 24.2 Å². The van der Waals surface area contributed by atoms with Crippen molar-refractivity contribution >= 4 is 18.7 Å². The van der Waals surface area contributed by atoms with Crippen molar-refractivity contribution in [2.75, 3.05) is 7.05 Å². The quantitative estimate of drug-likeness (QED) is 0.725. The van der Waals surface area contributed by atoms with Crippen LogP contribution in [0.3, 0.4) is 0 Å². The van der Waals surface area contributed by atoms with E-state index in [1.807, 2.05) is 0 Å². The maximum Gasteiger partial charge on any atom is 0.141 e. The third-order valence-corrected chi connectivity index (χ3v) is 1.70. The Kier molecular flexibility index (Phi) is 5.11. The smallest absolute Gasteiger partial charge is 0.141 e. The lowest BCUT2D eigenvalue weighted by Gasteiger charge is -2.08. The molecule has 4 heteroatoms. The summed E-state index contributed by atoms with van der Waals surface area (Å²) >= 11 is 0. The number of rotatable bonds is 3. The summed E-state index contributed by atoms with van der Waals surface area (Å²) in [7, 11) is 1.71. The monoisotopic (exact) mass is 201 g/mol. The van der Waals surface area contributed by atoms with Crippen LogP contribution in [0.1, 0.15) is 11.6 Å². The summed E-state index contributed by atoms with van der Waals surface area (Å²) in [4.78, 5) is 10.5. The fourth-order valence-corrected chi connectivity index (χ4v) is 0.995. The summed E-state index contributed by atoms with van der Waals surface area (Å²) in [6.45, 7) is 0. The van der Waals surface area contributed by atoms with Gasteiger partial charge in [0, 0.05) is 0 Å². The van der Waals surface area contributed by atoms with Crippen LogP contribution in [-0.2, 0) is 4.79 Å². The highest BCUT2D eigenvalue weighted by Crippen LogP contribution is 2.14. The Morgan fingerprint density at radius 2 is 1.92 bits per heavy atom. The second kappa shape index (κ2) is 5.56. The zero-order valence-electron chi connectivity index (χ0n) is 7.23. The van der Waals surface area contributed by atoms with E-state index in [4.69, 9.17) is 5.11 Å². The molecule has 0 aliphatic heterocycles. The summed E-state index contributed by atoms with van der Waals surface area (Å²) in [5.74, 6) is 0.208. The number of carbonyl (C=O) groups is 1. The summed E-state index contributed by atoms with van der Waals surface area (Å²) < 4.78 is 0. The number of benzene rings is 1. The van der Waals surface area contributed by atoms with Crippen LogP contribution in [0.4, 0.5) is 0 Å². The summed E-state index contributed by atoms with van der Waals surface area (Å²) in [6.07, 6.45) is 0.826. The molecule has 0 aliphatic rings. The summed E-state index contributed by atoms with van der Waals surface area (Å²) in [5.41, 5.74) is 0.852. The first kappa shape index (κ1) is 11.9. The maximum absolute atomic E-state index is 10.5. The Labute approximate surface area is 83.2 Å². The molecule has 0 saturated carbocycles. The minimum Gasteiger partial charge on any atom is -0.508 e. The molecule has 1 atom stereocenters. The minimum absolute atomic E-state index is 0. The SMILES string of the molecule is CNC(C=O)c1ccc(O)cc1.Cl. The van der Waals surface area contributed by atoms with Crippen LogP contribution in [0.5, 0.6) is 5.75 Å². The van der Waals surface area contributed by atoms with E-state index in [0.717, 1.165) is 11.8 Å². The number of carbonyl (C=O) groups excluding carboxylic acids is 1. The standard InChI is InChI=1S/C9H11NO2.ClH/c1-10-9(6-11)7-2-4-8(12)5-3-7;/h2-6,9-10,12H,1H3;1H. The predicted molar refractivity (Wildman–Crippen MR) is 53.2 cm³/mol. The zero-order chi connectivity index (χ0) is 8.97. The second-order valence-corrected chi connectivity index (χ2v) is 2.49. The van der Waals surface area contributed by atoms with E-state index in [1.165, 1.54) is 0 Å². The van der Waals surface area contributed by atoms with Crippen molar-refractivity contribution in [3.63, 3.8) is 0 Å². The van der Waals surface area contributed by atoms with E-state index >= 15 is 0 Å². The molecule has 1 aromatic carbocycles. The molecule has 0 saturated heterocycles. The van der Waals surface area contributed by atoms with Gasteiger partial charge in [-0.1, -0.05) is 12.1 Å². The molecular weight excluding hydrogens is 190 g/mol. The van der Waals surface area contributed by atoms with Gasteiger partial charge in [-0.25, -0.2) is 0 Å². The molecule has 0 amide bonds. The Hall–Kier alpha value is -1.06. The van der Waals surface area contributed by atoms with Gasteiger partial charge in [-0.05, 0) is 24.7 Å². The van der Waals surface area contributed by atoms with Gasteiger partial charge >= 0.3 is 0 Å². The number of aldehydes is 1. The van der Waals surface area contributed by atoms with Gasteiger partial charge in [-0.15, -0.1) is 12.4 Å². The van der Waals surface area contributed by atoms with Crippen molar-refractivity contribution in [3.8, 4) is 5.75 Å². The molecule has 3 nitrogen and oxygen atoms in total. The van der Waals surface area contributed by atoms with Crippen LogP contribution >= 0.6 is 12.4 Å². The van der Waals surface area contributed by atoms with Crippen molar-refractivity contribution in [2.24, 2.45) is 0 Å². The first-order valence-corrected chi connectivity index (χ1v) is 3.69. The van der Waals surface area contributed by atoms with Gasteiger partial charge in [0.2, 0.25) is 0 Å². The highest BCUT2D eigenvalue weighted by molar-refractivity contribution is 5.85. The Morgan fingerprint density at radius 3 is 2.31 bits per heavy atom. The fourth-order valence-electron chi connectivity index (χ4n) is 0.995. The topological polar surface area (TPSA) is 49.3 Å². The van der Waals surface area contributed by atoms with Gasteiger partial charge in [0.15, 0.2) is 0 Å². The predicted octanol–water partition coefficient (Wildman–Crippen LogP) is 1.27. The molecule has 0 spiro atoms. The van der Waals surface area contributed by atoms with Crippen molar-refractivity contribution in [1.82, 2.24) is 5.32 Å². The molecule has 0 bridgehead atoms. The average molecular weight is 202 g/mol. The number of phenols is 1. The Balaban J connectivity index is 0.00000144. The number of phenolic OH excluding ortho intramolecular Hbond substituents is 1. The lowest BCUT2D eigenvalue weighted by Crippen LogP contribution is -2.17. The number of halogens is 1. The highest BCUT2D eigenvalue weighted by Gasteiger charge is 2.05. The van der Waals surface area contributed by atoms with E-state index in [1.54, 1.807) is 31.3 Å². The molecule has 0 aromatic heterocycles. The van der Waals surface area contributed by atoms with Crippen LogP contribution in [0.25, 0.3) is 0 Å². The highest BCUT2D eigenvalue weighted by atomic mass is 35.5. The van der Waals surface area contributed by atoms with Crippen LogP contribution in [0.15, 0.2) is 24.3 Å². The molecular formula is C9H12ClNO2. The minimum atomic E-state index is -0.286. The van der Waals surface area contributed by atoms with Crippen LogP contribution < -0.4 is 5.32 Å². The van der Waals surface area contributed by atoms with Gasteiger partial charge in [0.25, 0.3) is 0 Å². The third-order valence-electron chi connectivity index (χ3n) is 1.70. The zero-order valence-corrected chi connectivity index (χ0v) is 8.04. The van der Waals surface area contributed by atoms with Crippen LogP contribution in [-0.4, -0.2) is 18.4 Å². The van der Waals surface area contributed by atoms with Gasteiger partial charge in [0.05, 0.1) is 6.04 Å². The summed E-state index contributed by atoms with van der Waals surface area (Å²) in [5, 5.41) is 11.8. The van der Waals surface area contributed by atoms with Gasteiger partial charge in [-0.3, -0.25) is 0 Å². The molecule has 2 N–H and O–H groups in total. The normalized spacial score (nSPS) is 11.5. The first-order valence-electron chi connectivity index (χ1n) is 3.69. The maximum atomic E-state index is 10.5. The molecule has 1 rings (SSSR count). The molecule has 0 radical (unpaired) electrons. The van der Waals surface area contributed by atoms with Gasteiger partial charge < -0.3 is 15.2 Å². The molecule has 1 unspecified atom stereocenters. The molecule has 13 heavy (non-hydrogen) atoms. The number of likely N-dealkylation sites (N-methyl/N-ethyl adjacent to an activating group) is 1. The average Bonchev–Trinajstić information content (AvgIpc) is 2.10. The fraction of sp³-hybridized carbons (Fsp3) is 0.222. The van der Waals surface area contributed by atoms with Gasteiger partial charge in [0.1, 0.15) is 12.0 Å². The Morgan fingerprint density at radius 1 is 1.38 bits per heavy atom. The van der Waals surface area contributed by atoms with E-state index in [9.17, 15) is 4.79 Å². The van der Waals surface area contributed by atoms with Crippen molar-refractivity contribution in [3.05, 3.63) is 29.8 Å². The molecule has 1 aromatic rings.